The smallest absolute Gasteiger partial charge is 0.251 e. The van der Waals surface area contributed by atoms with Gasteiger partial charge in [0.05, 0.1) is 24.0 Å². The average molecular weight is 328 g/mol. The predicted octanol–water partition coefficient (Wildman–Crippen LogP) is 1.18. The number of fused-ring (bicyclic) bond motifs is 1. The van der Waals surface area contributed by atoms with E-state index < -0.39 is 0 Å². The van der Waals surface area contributed by atoms with Gasteiger partial charge in [-0.25, -0.2) is 4.98 Å². The Bertz CT molecular complexity index is 838. The number of H-pyrrole nitrogens is 2. The maximum atomic E-state index is 12.2. The van der Waals surface area contributed by atoms with Gasteiger partial charge in [-0.1, -0.05) is 0 Å². The summed E-state index contributed by atoms with van der Waals surface area (Å²) in [6.07, 6.45) is 2.46. The Morgan fingerprint density at radius 2 is 2.29 bits per heavy atom. The molecule has 24 heavy (non-hydrogen) atoms. The summed E-state index contributed by atoms with van der Waals surface area (Å²) in [7, 11) is 1.63. The van der Waals surface area contributed by atoms with Crippen LogP contribution in [0.4, 0.5) is 0 Å². The second kappa shape index (κ2) is 7.24. The normalized spacial score (nSPS) is 11.1. The fourth-order valence-corrected chi connectivity index (χ4v) is 2.45. The Kier molecular flexibility index (Phi) is 4.88. The van der Waals surface area contributed by atoms with E-state index in [2.05, 4.69) is 25.5 Å². The molecule has 0 spiro atoms. The van der Waals surface area contributed by atoms with Crippen LogP contribution in [0.1, 0.15) is 22.5 Å². The predicted molar refractivity (Wildman–Crippen MR) is 90.4 cm³/mol. The van der Waals surface area contributed by atoms with E-state index in [1.54, 1.807) is 19.4 Å². The largest absolute Gasteiger partial charge is 0.378 e. The molecule has 0 radical (unpaired) electrons. The van der Waals surface area contributed by atoms with Crippen LogP contribution >= 0.6 is 0 Å². The third-order valence-electron chi connectivity index (χ3n) is 3.64. The number of hydrogen-bond acceptors (Lipinski definition) is 5. The van der Waals surface area contributed by atoms with Gasteiger partial charge in [0, 0.05) is 24.6 Å². The van der Waals surface area contributed by atoms with Crippen LogP contribution in [0.5, 0.6) is 0 Å². The first-order valence-electron chi connectivity index (χ1n) is 7.72. The zero-order chi connectivity index (χ0) is 16.9. The van der Waals surface area contributed by atoms with E-state index in [1.807, 2.05) is 12.1 Å². The highest BCUT2D eigenvalue weighted by Crippen LogP contribution is 2.25. The first-order chi connectivity index (χ1) is 11.7. The SMILES string of the molecule is COCc1cnc(-c2n[nH]c3ccc(C(=O)NCCCN)cc23)[nH]1. The summed E-state index contributed by atoms with van der Waals surface area (Å²) in [5, 5.41) is 10.9. The van der Waals surface area contributed by atoms with Gasteiger partial charge in [-0.15, -0.1) is 0 Å². The first-order valence-corrected chi connectivity index (χ1v) is 7.72. The molecule has 0 fully saturated rings. The Labute approximate surface area is 138 Å². The van der Waals surface area contributed by atoms with E-state index >= 15 is 0 Å². The second-order valence-corrected chi connectivity index (χ2v) is 5.42. The van der Waals surface area contributed by atoms with Crippen molar-refractivity contribution in [3.8, 4) is 11.5 Å². The number of hydrogen-bond donors (Lipinski definition) is 4. The quantitative estimate of drug-likeness (QED) is 0.485. The molecule has 0 saturated carbocycles. The monoisotopic (exact) mass is 328 g/mol. The zero-order valence-corrected chi connectivity index (χ0v) is 13.4. The molecular weight excluding hydrogens is 308 g/mol. The van der Waals surface area contributed by atoms with Crippen LogP contribution in [0.25, 0.3) is 22.4 Å². The van der Waals surface area contributed by atoms with Crippen molar-refractivity contribution in [2.45, 2.75) is 13.0 Å². The van der Waals surface area contributed by atoms with Gasteiger partial charge in [0.15, 0.2) is 5.82 Å². The molecule has 0 atom stereocenters. The highest BCUT2D eigenvalue weighted by molar-refractivity contribution is 6.00. The number of nitrogens with two attached hydrogens (primary N) is 1. The van der Waals surface area contributed by atoms with Crippen molar-refractivity contribution in [1.29, 1.82) is 0 Å². The lowest BCUT2D eigenvalue weighted by Gasteiger charge is -2.04. The minimum atomic E-state index is -0.128. The highest BCUT2D eigenvalue weighted by Gasteiger charge is 2.14. The van der Waals surface area contributed by atoms with Crippen LogP contribution in [-0.2, 0) is 11.3 Å². The van der Waals surface area contributed by atoms with Gasteiger partial charge in [0.2, 0.25) is 0 Å². The maximum absolute atomic E-state index is 12.2. The lowest BCUT2D eigenvalue weighted by atomic mass is 10.1. The number of imidazole rings is 1. The summed E-state index contributed by atoms with van der Waals surface area (Å²) in [6.45, 7) is 1.56. The van der Waals surface area contributed by atoms with Crippen molar-refractivity contribution in [3.63, 3.8) is 0 Å². The summed E-state index contributed by atoms with van der Waals surface area (Å²) in [6, 6.07) is 5.41. The van der Waals surface area contributed by atoms with Gasteiger partial charge >= 0.3 is 0 Å². The summed E-state index contributed by atoms with van der Waals surface area (Å²) in [5.41, 5.74) is 8.39. The fraction of sp³-hybridized carbons (Fsp3) is 0.312. The molecule has 0 aliphatic heterocycles. The Morgan fingerprint density at radius 1 is 1.42 bits per heavy atom. The topological polar surface area (TPSA) is 122 Å². The van der Waals surface area contributed by atoms with Crippen molar-refractivity contribution in [3.05, 3.63) is 35.7 Å². The number of nitrogens with zero attached hydrogens (tertiary/aromatic N) is 2. The van der Waals surface area contributed by atoms with Crippen molar-refractivity contribution < 1.29 is 9.53 Å². The van der Waals surface area contributed by atoms with Crippen LogP contribution in [-0.4, -0.2) is 46.3 Å². The molecule has 8 nitrogen and oxygen atoms in total. The lowest BCUT2D eigenvalue weighted by molar-refractivity contribution is 0.0953. The number of ether oxygens (including phenoxy) is 1. The molecule has 3 rings (SSSR count). The average Bonchev–Trinajstić information content (AvgIpc) is 3.21. The molecular formula is C16H20N6O2. The van der Waals surface area contributed by atoms with Crippen LogP contribution in [0.2, 0.25) is 0 Å². The Hall–Kier alpha value is -2.71. The Balaban J connectivity index is 1.89. The van der Waals surface area contributed by atoms with Crippen molar-refractivity contribution >= 4 is 16.8 Å². The summed E-state index contributed by atoms with van der Waals surface area (Å²) in [5.74, 6) is 0.506. The lowest BCUT2D eigenvalue weighted by Crippen LogP contribution is -2.25. The van der Waals surface area contributed by atoms with E-state index in [1.165, 1.54) is 0 Å². The molecule has 126 valence electrons. The third-order valence-corrected chi connectivity index (χ3v) is 3.64. The number of aromatic nitrogens is 4. The van der Waals surface area contributed by atoms with Crippen molar-refractivity contribution in [2.24, 2.45) is 5.73 Å². The van der Waals surface area contributed by atoms with Gasteiger partial charge in [-0.05, 0) is 31.2 Å². The molecule has 0 saturated heterocycles. The number of carbonyl (C=O) groups excluding carboxylic acids is 1. The van der Waals surface area contributed by atoms with Crippen LogP contribution in [0.3, 0.4) is 0 Å². The standard InChI is InChI=1S/C16H20N6O2/c1-24-9-11-8-19-15(20-11)14-12-7-10(3-4-13(12)21-22-14)16(23)18-6-2-5-17/h3-4,7-8H,2,5-6,9,17H2,1H3,(H,18,23)(H,19,20)(H,21,22). The number of rotatable bonds is 7. The maximum Gasteiger partial charge on any atom is 0.251 e. The molecule has 0 unspecified atom stereocenters. The van der Waals surface area contributed by atoms with Crippen LogP contribution in [0, 0.1) is 0 Å². The minimum Gasteiger partial charge on any atom is -0.378 e. The minimum absolute atomic E-state index is 0.128. The van der Waals surface area contributed by atoms with E-state index in [0.717, 1.165) is 23.0 Å². The van der Waals surface area contributed by atoms with E-state index in [9.17, 15) is 4.79 Å². The number of amides is 1. The van der Waals surface area contributed by atoms with Gasteiger partial charge in [0.1, 0.15) is 5.69 Å². The molecule has 3 aromatic rings. The molecule has 1 amide bonds. The van der Waals surface area contributed by atoms with Gasteiger partial charge in [-0.3, -0.25) is 9.89 Å². The van der Waals surface area contributed by atoms with E-state index in [4.69, 9.17) is 10.5 Å². The van der Waals surface area contributed by atoms with Crippen LogP contribution < -0.4 is 11.1 Å². The van der Waals surface area contributed by atoms with Crippen molar-refractivity contribution in [1.82, 2.24) is 25.5 Å². The molecule has 2 aromatic heterocycles. The first kappa shape index (κ1) is 16.2. The van der Waals surface area contributed by atoms with Gasteiger partial charge in [0.25, 0.3) is 5.91 Å². The molecule has 1 aromatic carbocycles. The number of methoxy groups -OCH3 is 1. The van der Waals surface area contributed by atoms with Gasteiger partial charge < -0.3 is 20.8 Å². The number of nitrogens with one attached hydrogen (secondary N) is 3. The molecule has 5 N–H and O–H groups in total. The molecule has 0 aliphatic rings. The van der Waals surface area contributed by atoms with Crippen molar-refractivity contribution in [2.75, 3.05) is 20.2 Å². The zero-order valence-electron chi connectivity index (χ0n) is 13.4. The molecule has 8 heteroatoms. The molecule has 0 aliphatic carbocycles. The van der Waals surface area contributed by atoms with E-state index in [0.29, 0.717) is 36.8 Å². The summed E-state index contributed by atoms with van der Waals surface area (Å²) >= 11 is 0. The highest BCUT2D eigenvalue weighted by atomic mass is 16.5. The number of carbonyl (C=O) groups is 1. The second-order valence-electron chi connectivity index (χ2n) is 5.42. The van der Waals surface area contributed by atoms with Crippen LogP contribution in [0.15, 0.2) is 24.4 Å². The van der Waals surface area contributed by atoms with E-state index in [-0.39, 0.29) is 5.91 Å². The molecule has 2 heterocycles. The fourth-order valence-electron chi connectivity index (χ4n) is 2.45. The summed E-state index contributed by atoms with van der Waals surface area (Å²) in [4.78, 5) is 19.7. The van der Waals surface area contributed by atoms with Gasteiger partial charge in [-0.2, -0.15) is 5.10 Å². The number of benzene rings is 1. The number of aromatic amines is 2. The summed E-state index contributed by atoms with van der Waals surface area (Å²) < 4.78 is 5.08. The third kappa shape index (κ3) is 3.29. The molecule has 0 bridgehead atoms. The Morgan fingerprint density at radius 3 is 3.08 bits per heavy atom.